The summed E-state index contributed by atoms with van der Waals surface area (Å²) in [5.74, 6) is -0.767. The van der Waals surface area contributed by atoms with Crippen LogP contribution in [0.1, 0.15) is 32.6 Å². The highest BCUT2D eigenvalue weighted by molar-refractivity contribution is 7.31. The second kappa shape index (κ2) is 9.21. The third-order valence-electron chi connectivity index (χ3n) is 1.63. The van der Waals surface area contributed by atoms with Gasteiger partial charge in [-0.05, 0) is 12.8 Å². The summed E-state index contributed by atoms with van der Waals surface area (Å²) in [5.41, 5.74) is 0. The van der Waals surface area contributed by atoms with Crippen LogP contribution in [0.3, 0.4) is 0 Å². The summed E-state index contributed by atoms with van der Waals surface area (Å²) in [6, 6.07) is 0. The van der Waals surface area contributed by atoms with Crippen molar-refractivity contribution in [1.29, 1.82) is 0 Å². The predicted molar refractivity (Wildman–Crippen MR) is 54.2 cm³/mol. The molecule has 1 unspecified atom stereocenters. The predicted octanol–water partition coefficient (Wildman–Crippen LogP) is 0.807. The molecule has 0 spiro atoms. The van der Waals surface area contributed by atoms with Crippen molar-refractivity contribution in [1.82, 2.24) is 5.32 Å². The molecule has 0 aromatic rings. The van der Waals surface area contributed by atoms with Gasteiger partial charge >= 0.3 is 14.2 Å². The lowest BCUT2D eigenvalue weighted by Gasteiger charge is -2.00. The van der Waals surface area contributed by atoms with Gasteiger partial charge < -0.3 is 5.32 Å². The number of hydrogen-bond donors (Lipinski definition) is 2. The van der Waals surface area contributed by atoms with E-state index in [0.717, 1.165) is 12.8 Å². The molecule has 0 fully saturated rings. The van der Waals surface area contributed by atoms with Gasteiger partial charge in [0.15, 0.2) is 0 Å². The zero-order chi connectivity index (χ0) is 12.4. The van der Waals surface area contributed by atoms with Crippen molar-refractivity contribution in [2.45, 2.75) is 32.6 Å². The molecule has 1 atom stereocenters. The molecular formula is C8H15NO6P+. The zero-order valence-electron chi connectivity index (χ0n) is 8.97. The van der Waals surface area contributed by atoms with Gasteiger partial charge in [-0.2, -0.15) is 0 Å². The number of rotatable bonds is 8. The molecular weight excluding hydrogens is 237 g/mol. The molecule has 2 N–H and O–H groups in total. The average Bonchev–Trinajstić information content (AvgIpc) is 2.19. The van der Waals surface area contributed by atoms with Crippen molar-refractivity contribution in [3.05, 3.63) is 0 Å². The lowest BCUT2D eigenvalue weighted by atomic mass is 10.2. The second-order valence-electron chi connectivity index (χ2n) is 3.06. The van der Waals surface area contributed by atoms with Crippen LogP contribution in [0.25, 0.3) is 0 Å². The molecule has 8 heteroatoms. The van der Waals surface area contributed by atoms with Crippen LogP contribution < -0.4 is 5.32 Å². The van der Waals surface area contributed by atoms with Gasteiger partial charge in [0.25, 0.3) is 0 Å². The molecule has 0 radical (unpaired) electrons. The van der Waals surface area contributed by atoms with Gasteiger partial charge in [0.1, 0.15) is 4.67 Å². The van der Waals surface area contributed by atoms with Gasteiger partial charge in [-0.3, -0.25) is 9.68 Å². The maximum Gasteiger partial charge on any atom is 0.736 e. The molecule has 0 aliphatic rings. The van der Waals surface area contributed by atoms with E-state index in [-0.39, 0.29) is 12.3 Å². The minimum Gasteiger partial charge on any atom is -0.356 e. The molecule has 0 aromatic carbocycles. The molecule has 0 rings (SSSR count). The molecule has 0 aromatic heterocycles. The van der Waals surface area contributed by atoms with Gasteiger partial charge in [-0.1, -0.05) is 6.42 Å². The highest BCUT2D eigenvalue weighted by Gasteiger charge is 2.17. The quantitative estimate of drug-likeness (QED) is 0.287. The minimum absolute atomic E-state index is 0.0837. The van der Waals surface area contributed by atoms with E-state index >= 15 is 0 Å². The van der Waals surface area contributed by atoms with Crippen LogP contribution in [-0.2, 0) is 23.7 Å². The van der Waals surface area contributed by atoms with Crippen molar-refractivity contribution >= 4 is 20.1 Å². The van der Waals surface area contributed by atoms with E-state index in [9.17, 15) is 14.2 Å². The lowest BCUT2D eigenvalue weighted by Crippen LogP contribution is -2.20. The molecule has 7 nitrogen and oxygen atoms in total. The van der Waals surface area contributed by atoms with Gasteiger partial charge in [-0.25, -0.2) is 4.79 Å². The Kier molecular flexibility index (Phi) is 8.61. The summed E-state index contributed by atoms with van der Waals surface area (Å²) in [7, 11) is -2.91. The Balaban J connectivity index is 3.27. The molecule has 0 heterocycles. The first kappa shape index (κ1) is 15.0. The van der Waals surface area contributed by atoms with Crippen molar-refractivity contribution in [3.63, 3.8) is 0 Å². The smallest absolute Gasteiger partial charge is 0.356 e. The highest BCUT2D eigenvalue weighted by atomic mass is 31.1. The molecule has 0 saturated carbocycles. The number of carbonyl (C=O) groups is 2. The van der Waals surface area contributed by atoms with E-state index in [4.69, 9.17) is 4.89 Å². The fourth-order valence-corrected chi connectivity index (χ4v) is 1.10. The summed E-state index contributed by atoms with van der Waals surface area (Å²) in [6.45, 7) is 2.01. The molecule has 0 bridgehead atoms. The van der Waals surface area contributed by atoms with Crippen LogP contribution in [0.2, 0.25) is 0 Å². The lowest BCUT2D eigenvalue weighted by molar-refractivity contribution is -0.214. The van der Waals surface area contributed by atoms with E-state index in [0.29, 0.717) is 13.0 Å². The van der Waals surface area contributed by atoms with E-state index in [2.05, 4.69) is 14.9 Å². The summed E-state index contributed by atoms with van der Waals surface area (Å²) in [6.07, 6.45) is 2.20. The Morgan fingerprint density at radius 1 is 1.31 bits per heavy atom. The summed E-state index contributed by atoms with van der Waals surface area (Å²) < 4.78 is 13.8. The number of hydrogen-bond acceptors (Lipinski definition) is 5. The first-order valence-corrected chi connectivity index (χ1v) is 5.93. The second-order valence-corrected chi connectivity index (χ2v) is 3.69. The SMILES string of the molecule is CC(=O)NCCCCCC(=O)OO[P+](=O)O. The maximum atomic E-state index is 10.8. The van der Waals surface area contributed by atoms with Gasteiger partial charge in [0, 0.05) is 24.5 Å². The Morgan fingerprint density at radius 2 is 2.00 bits per heavy atom. The molecule has 0 saturated heterocycles. The summed E-state index contributed by atoms with van der Waals surface area (Å²) >= 11 is 0. The van der Waals surface area contributed by atoms with Gasteiger partial charge in [0.2, 0.25) is 5.91 Å². The third kappa shape index (κ3) is 11.0. The van der Waals surface area contributed by atoms with Gasteiger partial charge in [-0.15, -0.1) is 4.89 Å². The zero-order valence-corrected chi connectivity index (χ0v) is 9.87. The largest absolute Gasteiger partial charge is 0.736 e. The molecule has 1 amide bonds. The number of amides is 1. The first-order valence-electron chi connectivity index (χ1n) is 4.80. The van der Waals surface area contributed by atoms with E-state index in [1.807, 2.05) is 0 Å². The Bertz CT molecular complexity index is 257. The highest BCUT2D eigenvalue weighted by Crippen LogP contribution is 2.15. The van der Waals surface area contributed by atoms with Crippen molar-refractivity contribution in [2.24, 2.45) is 0 Å². The standard InChI is InChI=1S/C8H14NO6P/c1-7(10)9-6-4-2-3-5-8(11)14-15-16(12)13/h2-6H2,1H3,(H-,9,10,12,13)/p+1. The van der Waals surface area contributed by atoms with Crippen molar-refractivity contribution in [3.8, 4) is 0 Å². The number of nitrogens with one attached hydrogen (secondary N) is 1. The fraction of sp³-hybridized carbons (Fsp3) is 0.750. The van der Waals surface area contributed by atoms with E-state index < -0.39 is 14.2 Å². The maximum absolute atomic E-state index is 10.8. The Hall–Kier alpha value is -1.04. The summed E-state index contributed by atoms with van der Waals surface area (Å²) in [4.78, 5) is 33.5. The monoisotopic (exact) mass is 252 g/mol. The third-order valence-corrected chi connectivity index (χ3v) is 1.83. The normalized spacial score (nSPS) is 10.8. The van der Waals surface area contributed by atoms with E-state index in [1.54, 1.807) is 0 Å². The van der Waals surface area contributed by atoms with Crippen LogP contribution in [0.4, 0.5) is 0 Å². The summed E-state index contributed by atoms with van der Waals surface area (Å²) in [5, 5.41) is 2.62. The first-order chi connectivity index (χ1) is 7.52. The van der Waals surface area contributed by atoms with Crippen LogP contribution in [0, 0.1) is 0 Å². The van der Waals surface area contributed by atoms with Crippen LogP contribution >= 0.6 is 8.25 Å². The van der Waals surface area contributed by atoms with Gasteiger partial charge in [0.05, 0.1) is 0 Å². The molecule has 0 aliphatic carbocycles. The molecule has 92 valence electrons. The average molecular weight is 252 g/mol. The molecule has 16 heavy (non-hydrogen) atoms. The Labute approximate surface area is 94.0 Å². The van der Waals surface area contributed by atoms with Crippen LogP contribution in [0.15, 0.2) is 0 Å². The molecule has 0 aliphatic heterocycles. The number of carbonyl (C=O) groups excluding carboxylic acids is 2. The van der Waals surface area contributed by atoms with Crippen molar-refractivity contribution < 1.29 is 28.6 Å². The fourth-order valence-electron chi connectivity index (χ4n) is 0.951. The Morgan fingerprint density at radius 3 is 2.56 bits per heavy atom. The van der Waals surface area contributed by atoms with Crippen LogP contribution in [-0.4, -0.2) is 23.3 Å². The van der Waals surface area contributed by atoms with Crippen molar-refractivity contribution in [2.75, 3.05) is 6.54 Å². The van der Waals surface area contributed by atoms with Crippen LogP contribution in [0.5, 0.6) is 0 Å². The number of unbranched alkanes of at least 4 members (excludes halogenated alkanes) is 2. The topological polar surface area (TPSA) is 102 Å². The van der Waals surface area contributed by atoms with E-state index in [1.165, 1.54) is 6.92 Å². The minimum atomic E-state index is -2.91.